The second-order valence-corrected chi connectivity index (χ2v) is 8.53. The number of hydrogen-bond acceptors (Lipinski definition) is 3. The number of halogens is 1. The first kappa shape index (κ1) is 22.7. The fourth-order valence-electron chi connectivity index (χ4n) is 4.09. The second kappa shape index (κ2) is 9.59. The highest BCUT2D eigenvalue weighted by atomic mass is 35.5. The summed E-state index contributed by atoms with van der Waals surface area (Å²) in [5, 5.41) is 1.12. The van der Waals surface area contributed by atoms with E-state index >= 15 is 0 Å². The number of carbonyl (C=O) groups is 1. The minimum absolute atomic E-state index is 0.125. The van der Waals surface area contributed by atoms with Crippen LogP contribution in [0.5, 0.6) is 0 Å². The molecule has 0 saturated heterocycles. The molecule has 3 aromatic carbocycles. The van der Waals surface area contributed by atoms with Gasteiger partial charge in [0.15, 0.2) is 0 Å². The minimum atomic E-state index is -0.440. The summed E-state index contributed by atoms with van der Waals surface area (Å²) in [5.74, 6) is 0.406. The molecule has 168 valence electrons. The van der Waals surface area contributed by atoms with Crippen LogP contribution in [0.3, 0.4) is 0 Å². The van der Waals surface area contributed by atoms with E-state index in [1.165, 1.54) is 0 Å². The molecule has 0 fully saturated rings. The topological polar surface area (TPSA) is 55.2 Å². The van der Waals surface area contributed by atoms with Crippen molar-refractivity contribution in [3.63, 3.8) is 0 Å². The third-order valence-electron chi connectivity index (χ3n) is 5.82. The molecule has 0 N–H and O–H groups in total. The van der Waals surface area contributed by atoms with Gasteiger partial charge in [0, 0.05) is 17.1 Å². The fourth-order valence-corrected chi connectivity index (χ4v) is 4.21. The highest BCUT2D eigenvalue weighted by Crippen LogP contribution is 2.26. The summed E-state index contributed by atoms with van der Waals surface area (Å²) >= 11 is 6.02. The van der Waals surface area contributed by atoms with Crippen LogP contribution in [0.25, 0.3) is 16.6 Å². The van der Waals surface area contributed by atoms with Crippen molar-refractivity contribution < 1.29 is 4.79 Å². The van der Waals surface area contributed by atoms with Gasteiger partial charge in [0.2, 0.25) is 0 Å². The molecule has 4 aromatic rings. The molecule has 0 saturated carbocycles. The van der Waals surface area contributed by atoms with Crippen LogP contribution in [-0.4, -0.2) is 26.9 Å². The molecule has 0 spiro atoms. The Morgan fingerprint density at radius 2 is 1.70 bits per heavy atom. The Labute approximate surface area is 198 Å². The molecule has 0 bridgehead atoms. The molecular weight excluding hydrogens is 434 g/mol. The average molecular weight is 460 g/mol. The molecule has 0 aliphatic heterocycles. The Balaban J connectivity index is 1.92. The normalized spacial score (nSPS) is 12.0. The third kappa shape index (κ3) is 4.41. The highest BCUT2D eigenvalue weighted by molar-refractivity contribution is 6.30. The quantitative estimate of drug-likeness (QED) is 0.357. The van der Waals surface area contributed by atoms with Crippen molar-refractivity contribution in [3.05, 3.63) is 105 Å². The molecule has 6 heteroatoms. The Bertz CT molecular complexity index is 1360. The molecule has 1 unspecified atom stereocenters. The number of nitrogens with zero attached hydrogens (tertiary/aromatic N) is 3. The van der Waals surface area contributed by atoms with E-state index in [-0.39, 0.29) is 11.5 Å². The number of fused-ring (bicyclic) bond motifs is 1. The molecule has 1 heterocycles. The monoisotopic (exact) mass is 459 g/mol. The lowest BCUT2D eigenvalue weighted by molar-refractivity contribution is 0.0681. The van der Waals surface area contributed by atoms with E-state index in [0.29, 0.717) is 33.9 Å². The predicted molar refractivity (Wildman–Crippen MR) is 133 cm³/mol. The lowest BCUT2D eigenvalue weighted by Gasteiger charge is -2.30. The van der Waals surface area contributed by atoms with Gasteiger partial charge in [0.05, 0.1) is 22.6 Å². The molecule has 1 amide bonds. The first-order valence-corrected chi connectivity index (χ1v) is 11.4. The second-order valence-electron chi connectivity index (χ2n) is 8.10. The van der Waals surface area contributed by atoms with Crippen LogP contribution in [0.1, 0.15) is 48.1 Å². The van der Waals surface area contributed by atoms with Crippen LogP contribution in [0, 0.1) is 6.92 Å². The van der Waals surface area contributed by atoms with Crippen LogP contribution in [0.2, 0.25) is 5.02 Å². The molecule has 5 nitrogen and oxygen atoms in total. The summed E-state index contributed by atoms with van der Waals surface area (Å²) in [5.41, 5.74) is 2.73. The van der Waals surface area contributed by atoms with Crippen molar-refractivity contribution in [2.45, 2.75) is 33.2 Å². The molecule has 33 heavy (non-hydrogen) atoms. The molecule has 4 rings (SSSR count). The van der Waals surface area contributed by atoms with Crippen molar-refractivity contribution in [3.8, 4) is 5.69 Å². The van der Waals surface area contributed by atoms with Gasteiger partial charge in [-0.3, -0.25) is 14.2 Å². The largest absolute Gasteiger partial charge is 0.329 e. The fraction of sp³-hybridized carbons (Fsp3) is 0.222. The predicted octanol–water partition coefficient (Wildman–Crippen LogP) is 5.96. The first-order chi connectivity index (χ1) is 15.9. The first-order valence-electron chi connectivity index (χ1n) is 11.1. The molecule has 0 aliphatic rings. The van der Waals surface area contributed by atoms with Gasteiger partial charge in [-0.2, -0.15) is 0 Å². The van der Waals surface area contributed by atoms with E-state index in [4.69, 9.17) is 16.6 Å². The number of benzene rings is 3. The number of amides is 1. The van der Waals surface area contributed by atoms with Gasteiger partial charge in [0.25, 0.3) is 11.5 Å². The Morgan fingerprint density at radius 3 is 2.39 bits per heavy atom. The van der Waals surface area contributed by atoms with E-state index in [2.05, 4.69) is 0 Å². The number of rotatable bonds is 6. The van der Waals surface area contributed by atoms with Gasteiger partial charge < -0.3 is 4.90 Å². The van der Waals surface area contributed by atoms with Crippen molar-refractivity contribution in [2.75, 3.05) is 6.54 Å². The van der Waals surface area contributed by atoms with Gasteiger partial charge in [-0.25, -0.2) is 4.98 Å². The minimum Gasteiger partial charge on any atom is -0.329 e. The van der Waals surface area contributed by atoms with Crippen molar-refractivity contribution in [1.82, 2.24) is 14.5 Å². The average Bonchev–Trinajstić information content (AvgIpc) is 2.83. The SMILES string of the molecule is CCCN(C(=O)c1ccc(Cl)cc1)C(C)c1nc2ccccc2c(=O)n1-c1ccccc1C. The van der Waals surface area contributed by atoms with Gasteiger partial charge in [-0.05, 0) is 68.3 Å². The maximum atomic E-state index is 13.7. The van der Waals surface area contributed by atoms with Gasteiger partial charge in [-0.1, -0.05) is 48.9 Å². The van der Waals surface area contributed by atoms with Gasteiger partial charge in [0.1, 0.15) is 5.82 Å². The highest BCUT2D eigenvalue weighted by Gasteiger charge is 2.27. The lowest BCUT2D eigenvalue weighted by atomic mass is 10.1. The van der Waals surface area contributed by atoms with E-state index < -0.39 is 6.04 Å². The Morgan fingerprint density at radius 1 is 1.03 bits per heavy atom. The summed E-state index contributed by atoms with van der Waals surface area (Å²) in [6, 6.07) is 21.5. The maximum absolute atomic E-state index is 13.7. The smallest absolute Gasteiger partial charge is 0.266 e. The van der Waals surface area contributed by atoms with Crippen LogP contribution in [-0.2, 0) is 0 Å². The van der Waals surface area contributed by atoms with Crippen LogP contribution in [0.15, 0.2) is 77.6 Å². The number of carbonyl (C=O) groups excluding carboxylic acids is 1. The molecule has 1 aromatic heterocycles. The molecular formula is C27H26ClN3O2. The van der Waals surface area contributed by atoms with E-state index in [1.807, 2.05) is 63.2 Å². The third-order valence-corrected chi connectivity index (χ3v) is 6.07. The van der Waals surface area contributed by atoms with E-state index in [0.717, 1.165) is 17.7 Å². The van der Waals surface area contributed by atoms with Gasteiger partial charge in [-0.15, -0.1) is 0 Å². The summed E-state index contributed by atoms with van der Waals surface area (Å²) < 4.78 is 1.65. The summed E-state index contributed by atoms with van der Waals surface area (Å²) in [7, 11) is 0. The standard InChI is InChI=1S/C27H26ClN3O2/c1-4-17-30(26(32)20-13-15-21(28)16-14-20)19(3)25-29-23-11-7-6-10-22(23)27(33)31(25)24-12-8-5-9-18(24)2/h5-16,19H,4,17H2,1-3H3. The number of aromatic nitrogens is 2. The van der Waals surface area contributed by atoms with Crippen LogP contribution in [0.4, 0.5) is 0 Å². The zero-order valence-electron chi connectivity index (χ0n) is 19.0. The summed E-state index contributed by atoms with van der Waals surface area (Å²) in [4.78, 5) is 33.8. The van der Waals surface area contributed by atoms with Crippen molar-refractivity contribution in [1.29, 1.82) is 0 Å². The Hall–Kier alpha value is -3.44. The van der Waals surface area contributed by atoms with E-state index in [9.17, 15) is 9.59 Å². The zero-order valence-corrected chi connectivity index (χ0v) is 19.7. The maximum Gasteiger partial charge on any atom is 0.266 e. The number of aryl methyl sites for hydroxylation is 1. The molecule has 1 atom stereocenters. The summed E-state index contributed by atoms with van der Waals surface area (Å²) in [6.45, 7) is 6.44. The van der Waals surface area contributed by atoms with Gasteiger partial charge >= 0.3 is 0 Å². The van der Waals surface area contributed by atoms with E-state index in [1.54, 1.807) is 39.8 Å². The molecule has 0 radical (unpaired) electrons. The lowest BCUT2D eigenvalue weighted by Crippen LogP contribution is -2.38. The number of hydrogen-bond donors (Lipinski definition) is 0. The van der Waals surface area contributed by atoms with Crippen LogP contribution >= 0.6 is 11.6 Å². The molecule has 0 aliphatic carbocycles. The van der Waals surface area contributed by atoms with Crippen molar-refractivity contribution in [2.24, 2.45) is 0 Å². The Kier molecular flexibility index (Phi) is 6.61. The number of para-hydroxylation sites is 2. The van der Waals surface area contributed by atoms with Crippen LogP contribution < -0.4 is 5.56 Å². The van der Waals surface area contributed by atoms with Crippen molar-refractivity contribution >= 4 is 28.4 Å². The zero-order chi connectivity index (χ0) is 23.5. The summed E-state index contributed by atoms with van der Waals surface area (Å²) in [6.07, 6.45) is 0.770.